The largest absolute Gasteiger partial charge is 0.357 e. The number of hydrogen-bond acceptors (Lipinski definition) is 6. The Bertz CT molecular complexity index is 466. The fourth-order valence-electron chi connectivity index (χ4n) is 1.29. The third-order valence-electron chi connectivity index (χ3n) is 2.12. The molecular weight excluding hydrogens is 218 g/mol. The van der Waals surface area contributed by atoms with Gasteiger partial charge in [0.2, 0.25) is 17.8 Å². The summed E-state index contributed by atoms with van der Waals surface area (Å²) in [5.41, 5.74) is 0. The van der Waals surface area contributed by atoms with Crippen molar-refractivity contribution in [1.82, 2.24) is 24.5 Å². The number of aromatic nitrogens is 5. The van der Waals surface area contributed by atoms with Crippen molar-refractivity contribution in [2.24, 2.45) is 0 Å². The van der Waals surface area contributed by atoms with Crippen LogP contribution in [-0.2, 0) is 0 Å². The van der Waals surface area contributed by atoms with Gasteiger partial charge in [0.1, 0.15) is 6.33 Å². The lowest BCUT2D eigenvalue weighted by Crippen LogP contribution is -2.11. The molecule has 0 unspecified atom stereocenters. The molecule has 2 N–H and O–H groups in total. The van der Waals surface area contributed by atoms with Gasteiger partial charge in [-0.25, -0.2) is 4.98 Å². The third-order valence-corrected chi connectivity index (χ3v) is 2.12. The van der Waals surface area contributed by atoms with Gasteiger partial charge in [0, 0.05) is 26.0 Å². The van der Waals surface area contributed by atoms with E-state index < -0.39 is 0 Å². The molecular formula is C10H15N7. The molecule has 0 radical (unpaired) electrons. The summed E-state index contributed by atoms with van der Waals surface area (Å²) in [6, 6.07) is 0. The van der Waals surface area contributed by atoms with Crippen LogP contribution in [0, 0.1) is 0 Å². The highest BCUT2D eigenvalue weighted by Crippen LogP contribution is 2.08. The molecule has 2 aromatic rings. The summed E-state index contributed by atoms with van der Waals surface area (Å²) < 4.78 is 1.74. The van der Waals surface area contributed by atoms with Crippen molar-refractivity contribution in [3.63, 3.8) is 0 Å². The molecule has 17 heavy (non-hydrogen) atoms. The number of anilines is 2. The zero-order chi connectivity index (χ0) is 12.1. The Morgan fingerprint density at radius 1 is 1.24 bits per heavy atom. The number of imidazole rings is 1. The second kappa shape index (κ2) is 5.24. The van der Waals surface area contributed by atoms with Gasteiger partial charge in [0.15, 0.2) is 0 Å². The smallest absolute Gasteiger partial charge is 0.241 e. The zero-order valence-electron chi connectivity index (χ0n) is 9.88. The molecule has 2 aromatic heterocycles. The van der Waals surface area contributed by atoms with Gasteiger partial charge in [-0.1, -0.05) is 6.92 Å². The first-order valence-corrected chi connectivity index (χ1v) is 5.49. The average molecular weight is 233 g/mol. The summed E-state index contributed by atoms with van der Waals surface area (Å²) in [7, 11) is 1.77. The first-order chi connectivity index (χ1) is 8.33. The molecule has 0 bridgehead atoms. The van der Waals surface area contributed by atoms with E-state index in [1.54, 1.807) is 30.3 Å². The summed E-state index contributed by atoms with van der Waals surface area (Å²) >= 11 is 0. The first-order valence-electron chi connectivity index (χ1n) is 5.49. The van der Waals surface area contributed by atoms with Crippen LogP contribution >= 0.6 is 0 Å². The van der Waals surface area contributed by atoms with E-state index in [0.29, 0.717) is 17.8 Å². The van der Waals surface area contributed by atoms with E-state index in [4.69, 9.17) is 0 Å². The molecule has 7 heteroatoms. The summed E-state index contributed by atoms with van der Waals surface area (Å²) in [6.07, 6.45) is 6.14. The molecule has 0 amide bonds. The molecule has 0 atom stereocenters. The van der Waals surface area contributed by atoms with Crippen LogP contribution in [0.5, 0.6) is 0 Å². The lowest BCUT2D eigenvalue weighted by atomic mass is 10.5. The minimum Gasteiger partial charge on any atom is -0.357 e. The van der Waals surface area contributed by atoms with Crippen molar-refractivity contribution in [3.05, 3.63) is 18.7 Å². The average Bonchev–Trinajstić information content (AvgIpc) is 2.89. The minimum absolute atomic E-state index is 0.530. The van der Waals surface area contributed by atoms with Crippen LogP contribution in [0.25, 0.3) is 5.95 Å². The number of hydrogen-bond donors (Lipinski definition) is 2. The summed E-state index contributed by atoms with van der Waals surface area (Å²) in [5.74, 6) is 1.64. The molecule has 90 valence electrons. The molecule has 0 spiro atoms. The SMILES string of the molecule is CCCNc1nc(NC)nc(-n2ccnc2)n1. The Kier molecular flexibility index (Phi) is 3.49. The fourth-order valence-corrected chi connectivity index (χ4v) is 1.29. The van der Waals surface area contributed by atoms with Crippen LogP contribution in [-0.4, -0.2) is 38.1 Å². The van der Waals surface area contributed by atoms with Crippen molar-refractivity contribution >= 4 is 11.9 Å². The quantitative estimate of drug-likeness (QED) is 0.799. The summed E-state index contributed by atoms with van der Waals surface area (Å²) in [6.45, 7) is 2.92. The molecule has 7 nitrogen and oxygen atoms in total. The summed E-state index contributed by atoms with van der Waals surface area (Å²) in [5, 5.41) is 6.05. The fraction of sp³-hybridized carbons (Fsp3) is 0.400. The van der Waals surface area contributed by atoms with Crippen molar-refractivity contribution < 1.29 is 0 Å². The Morgan fingerprint density at radius 2 is 2.06 bits per heavy atom. The Balaban J connectivity index is 2.32. The number of nitrogens with zero attached hydrogens (tertiary/aromatic N) is 5. The van der Waals surface area contributed by atoms with Crippen LogP contribution in [0.3, 0.4) is 0 Å². The molecule has 0 aliphatic rings. The Morgan fingerprint density at radius 3 is 2.71 bits per heavy atom. The van der Waals surface area contributed by atoms with Crippen molar-refractivity contribution in [2.75, 3.05) is 24.2 Å². The van der Waals surface area contributed by atoms with E-state index in [1.807, 2.05) is 0 Å². The highest BCUT2D eigenvalue weighted by molar-refractivity contribution is 5.37. The van der Waals surface area contributed by atoms with Gasteiger partial charge in [-0.15, -0.1) is 0 Å². The highest BCUT2D eigenvalue weighted by atomic mass is 15.3. The molecule has 0 saturated carbocycles. The van der Waals surface area contributed by atoms with Crippen LogP contribution in [0.15, 0.2) is 18.7 Å². The normalized spacial score (nSPS) is 10.2. The molecule has 2 heterocycles. The van der Waals surface area contributed by atoms with Gasteiger partial charge >= 0.3 is 0 Å². The topological polar surface area (TPSA) is 80.5 Å². The van der Waals surface area contributed by atoms with E-state index in [-0.39, 0.29) is 0 Å². The maximum Gasteiger partial charge on any atom is 0.241 e. The molecule has 0 aliphatic heterocycles. The minimum atomic E-state index is 0.530. The Hall–Kier alpha value is -2.18. The van der Waals surface area contributed by atoms with Gasteiger partial charge in [-0.2, -0.15) is 15.0 Å². The first kappa shape index (κ1) is 11.3. The lowest BCUT2D eigenvalue weighted by molar-refractivity contribution is 0.881. The van der Waals surface area contributed by atoms with Crippen molar-refractivity contribution in [1.29, 1.82) is 0 Å². The van der Waals surface area contributed by atoms with Gasteiger partial charge in [-0.3, -0.25) is 4.57 Å². The maximum atomic E-state index is 4.31. The van der Waals surface area contributed by atoms with E-state index >= 15 is 0 Å². The molecule has 0 fully saturated rings. The predicted molar refractivity (Wildman–Crippen MR) is 65.3 cm³/mol. The van der Waals surface area contributed by atoms with Gasteiger partial charge in [0.05, 0.1) is 0 Å². The second-order valence-electron chi connectivity index (χ2n) is 3.43. The molecule has 0 aromatic carbocycles. The number of nitrogens with one attached hydrogen (secondary N) is 2. The van der Waals surface area contributed by atoms with Crippen molar-refractivity contribution in [2.45, 2.75) is 13.3 Å². The lowest BCUT2D eigenvalue weighted by Gasteiger charge is -2.07. The monoisotopic (exact) mass is 233 g/mol. The van der Waals surface area contributed by atoms with Crippen LogP contribution in [0.4, 0.5) is 11.9 Å². The van der Waals surface area contributed by atoms with Gasteiger partial charge in [0.25, 0.3) is 0 Å². The van der Waals surface area contributed by atoms with Gasteiger partial charge in [-0.05, 0) is 6.42 Å². The number of rotatable bonds is 5. The van der Waals surface area contributed by atoms with Crippen molar-refractivity contribution in [3.8, 4) is 5.95 Å². The van der Waals surface area contributed by atoms with E-state index in [0.717, 1.165) is 13.0 Å². The third kappa shape index (κ3) is 2.68. The van der Waals surface area contributed by atoms with E-state index in [1.165, 1.54) is 0 Å². The highest BCUT2D eigenvalue weighted by Gasteiger charge is 2.06. The van der Waals surface area contributed by atoms with Crippen LogP contribution < -0.4 is 10.6 Å². The van der Waals surface area contributed by atoms with Crippen LogP contribution in [0.2, 0.25) is 0 Å². The Labute approximate surface area is 99.3 Å². The maximum absolute atomic E-state index is 4.31. The van der Waals surface area contributed by atoms with E-state index in [2.05, 4.69) is 37.5 Å². The second-order valence-corrected chi connectivity index (χ2v) is 3.43. The summed E-state index contributed by atoms with van der Waals surface area (Å²) in [4.78, 5) is 16.8. The van der Waals surface area contributed by atoms with Gasteiger partial charge < -0.3 is 10.6 Å². The zero-order valence-corrected chi connectivity index (χ0v) is 9.88. The predicted octanol–water partition coefficient (Wildman–Crippen LogP) is 0.921. The van der Waals surface area contributed by atoms with Crippen LogP contribution in [0.1, 0.15) is 13.3 Å². The molecule has 0 saturated heterocycles. The van der Waals surface area contributed by atoms with E-state index in [9.17, 15) is 0 Å². The standard InChI is InChI=1S/C10H15N7/c1-3-4-13-9-14-8(11-2)15-10(16-9)17-6-5-12-7-17/h5-7H,3-4H2,1-2H3,(H2,11,13,14,15,16). The molecule has 2 rings (SSSR count). The molecule has 0 aliphatic carbocycles.